The van der Waals surface area contributed by atoms with Crippen molar-refractivity contribution in [2.45, 2.75) is 18.8 Å². The lowest BCUT2D eigenvalue weighted by atomic mass is 9.97. The van der Waals surface area contributed by atoms with Gasteiger partial charge in [0.2, 0.25) is 0 Å². The largest absolute Gasteiger partial charge is 0.456 e. The van der Waals surface area contributed by atoms with Gasteiger partial charge in [-0.05, 0) is 47.9 Å². The number of halogens is 1. The molecule has 2 unspecified atom stereocenters. The Bertz CT molecular complexity index is 1200. The van der Waals surface area contributed by atoms with Crippen molar-refractivity contribution in [2.75, 3.05) is 7.05 Å². The van der Waals surface area contributed by atoms with Crippen molar-refractivity contribution in [1.82, 2.24) is 10.2 Å². The third-order valence-corrected chi connectivity index (χ3v) is 5.82. The van der Waals surface area contributed by atoms with Gasteiger partial charge in [0.1, 0.15) is 23.0 Å². The molecule has 140 valence electrons. The van der Waals surface area contributed by atoms with Crippen LogP contribution in [0.15, 0.2) is 82.2 Å². The van der Waals surface area contributed by atoms with Gasteiger partial charge in [-0.1, -0.05) is 54.6 Å². The van der Waals surface area contributed by atoms with Crippen LogP contribution in [0.5, 0.6) is 0 Å². The average molecular weight is 390 g/mol. The summed E-state index contributed by atoms with van der Waals surface area (Å²) in [6.07, 6.45) is -0.0759. The molecular formula is C23H20ClN3O. The highest BCUT2D eigenvalue weighted by molar-refractivity contribution is 6.64. The zero-order valence-corrected chi connectivity index (χ0v) is 16.4. The monoisotopic (exact) mass is 389 g/mol. The van der Waals surface area contributed by atoms with Gasteiger partial charge in [-0.15, -0.1) is 0 Å². The van der Waals surface area contributed by atoms with Crippen LogP contribution in [0, 0.1) is 0 Å². The van der Waals surface area contributed by atoms with E-state index in [2.05, 4.69) is 42.6 Å². The van der Waals surface area contributed by atoms with E-state index in [0.29, 0.717) is 5.29 Å². The van der Waals surface area contributed by atoms with E-state index in [9.17, 15) is 0 Å². The summed E-state index contributed by atoms with van der Waals surface area (Å²) in [6.45, 7) is 2.06. The zero-order valence-electron chi connectivity index (χ0n) is 15.7. The van der Waals surface area contributed by atoms with Crippen LogP contribution in [-0.2, 0) is 5.66 Å². The van der Waals surface area contributed by atoms with E-state index in [0.717, 1.165) is 33.1 Å². The highest BCUT2D eigenvalue weighted by Gasteiger charge is 2.37. The third-order valence-electron chi connectivity index (χ3n) is 5.47. The fourth-order valence-corrected chi connectivity index (χ4v) is 4.15. The first kappa shape index (κ1) is 17.3. The first-order chi connectivity index (χ1) is 13.5. The summed E-state index contributed by atoms with van der Waals surface area (Å²) < 4.78 is 5.97. The summed E-state index contributed by atoms with van der Waals surface area (Å²) in [7, 11) is 1.95. The zero-order chi connectivity index (χ0) is 19.3. The lowest BCUT2D eigenvalue weighted by molar-refractivity contribution is 0.200. The Morgan fingerprint density at radius 3 is 2.50 bits per heavy atom. The van der Waals surface area contributed by atoms with Gasteiger partial charge < -0.3 is 9.32 Å². The molecule has 1 N–H and O–H groups in total. The van der Waals surface area contributed by atoms with Gasteiger partial charge in [-0.2, -0.15) is 0 Å². The number of para-hydroxylation sites is 1. The van der Waals surface area contributed by atoms with Gasteiger partial charge in [-0.3, -0.25) is 5.32 Å². The second-order valence-electron chi connectivity index (χ2n) is 7.33. The molecule has 2 atom stereocenters. The minimum atomic E-state index is -0.656. The Hall–Kier alpha value is -2.82. The maximum absolute atomic E-state index is 6.56. The normalized spacial score (nSPS) is 22.6. The summed E-state index contributed by atoms with van der Waals surface area (Å²) in [5, 5.41) is 6.33. The second kappa shape index (κ2) is 6.36. The van der Waals surface area contributed by atoms with Gasteiger partial charge in [0.15, 0.2) is 5.29 Å². The van der Waals surface area contributed by atoms with Gasteiger partial charge >= 0.3 is 0 Å². The third kappa shape index (κ3) is 2.68. The fraction of sp³-hybridized carbons (Fsp3) is 0.174. The maximum atomic E-state index is 6.56. The van der Waals surface area contributed by atoms with E-state index in [-0.39, 0.29) is 6.17 Å². The molecule has 0 bridgehead atoms. The van der Waals surface area contributed by atoms with Crippen LogP contribution in [0.1, 0.15) is 24.2 Å². The minimum Gasteiger partial charge on any atom is -0.456 e. The Morgan fingerprint density at radius 1 is 0.964 bits per heavy atom. The quantitative estimate of drug-likeness (QED) is 0.454. The first-order valence-corrected chi connectivity index (χ1v) is 9.65. The minimum absolute atomic E-state index is 0.0759. The highest BCUT2D eigenvalue weighted by Crippen LogP contribution is 2.37. The molecule has 5 heteroatoms. The molecular weight excluding hydrogens is 370 g/mol. The van der Waals surface area contributed by atoms with Gasteiger partial charge in [0, 0.05) is 17.8 Å². The van der Waals surface area contributed by atoms with Crippen LogP contribution in [0.4, 0.5) is 0 Å². The standard InChI is InChI=1S/C23H20ClN3O/c1-23(25-21(27(2)22(24)26-23)15-8-4-3-5-9-15)16-12-13-20-18(14-16)17-10-6-7-11-19(17)28-20/h3-14,21,25H,1-2H3. The summed E-state index contributed by atoms with van der Waals surface area (Å²) in [5.41, 5.74) is 3.28. The van der Waals surface area contributed by atoms with E-state index >= 15 is 0 Å². The van der Waals surface area contributed by atoms with Gasteiger partial charge in [0.05, 0.1) is 0 Å². The molecule has 0 fully saturated rings. The van der Waals surface area contributed by atoms with Crippen molar-refractivity contribution in [1.29, 1.82) is 0 Å². The van der Waals surface area contributed by atoms with E-state index in [1.54, 1.807) is 0 Å². The van der Waals surface area contributed by atoms with Crippen LogP contribution >= 0.6 is 11.6 Å². The van der Waals surface area contributed by atoms with Crippen molar-refractivity contribution in [3.8, 4) is 0 Å². The van der Waals surface area contributed by atoms with Crippen LogP contribution in [0.25, 0.3) is 21.9 Å². The number of aliphatic imine (C=N–C) groups is 1. The molecule has 1 aromatic heterocycles. The van der Waals surface area contributed by atoms with E-state index in [4.69, 9.17) is 21.0 Å². The van der Waals surface area contributed by atoms with E-state index in [1.165, 1.54) is 0 Å². The molecule has 0 radical (unpaired) electrons. The van der Waals surface area contributed by atoms with Gasteiger partial charge in [-0.25, -0.2) is 4.99 Å². The maximum Gasteiger partial charge on any atom is 0.197 e. The topological polar surface area (TPSA) is 40.8 Å². The van der Waals surface area contributed by atoms with Gasteiger partial charge in [0.25, 0.3) is 0 Å². The smallest absolute Gasteiger partial charge is 0.197 e. The molecule has 4 aromatic rings. The summed E-state index contributed by atoms with van der Waals surface area (Å²) in [5.74, 6) is 0. The Morgan fingerprint density at radius 2 is 1.68 bits per heavy atom. The summed E-state index contributed by atoms with van der Waals surface area (Å²) >= 11 is 6.56. The van der Waals surface area contributed by atoms with Crippen molar-refractivity contribution < 1.29 is 4.42 Å². The molecule has 0 amide bonds. The number of amidine groups is 1. The molecule has 5 rings (SSSR count). The fourth-order valence-electron chi connectivity index (χ4n) is 3.88. The predicted octanol–water partition coefficient (Wildman–Crippen LogP) is 5.59. The summed E-state index contributed by atoms with van der Waals surface area (Å²) in [6, 6.07) is 24.6. The molecule has 4 nitrogen and oxygen atoms in total. The average Bonchev–Trinajstić information content (AvgIpc) is 3.09. The number of nitrogens with zero attached hydrogens (tertiary/aromatic N) is 2. The molecule has 0 saturated carbocycles. The molecule has 2 heterocycles. The highest BCUT2D eigenvalue weighted by atomic mass is 35.5. The molecule has 3 aromatic carbocycles. The van der Waals surface area contributed by atoms with Crippen LogP contribution in [0.3, 0.4) is 0 Å². The lowest BCUT2D eigenvalue weighted by Gasteiger charge is -2.42. The Kier molecular flexibility index (Phi) is 3.93. The van der Waals surface area contributed by atoms with Crippen molar-refractivity contribution >= 4 is 38.8 Å². The molecule has 0 spiro atoms. The Labute approximate surface area is 168 Å². The number of hydrogen-bond acceptors (Lipinski definition) is 4. The van der Waals surface area contributed by atoms with Crippen molar-refractivity contribution in [2.24, 2.45) is 4.99 Å². The number of furan rings is 1. The predicted molar refractivity (Wildman–Crippen MR) is 114 cm³/mol. The molecule has 28 heavy (non-hydrogen) atoms. The van der Waals surface area contributed by atoms with Crippen molar-refractivity contribution in [3.63, 3.8) is 0 Å². The molecule has 1 aliphatic heterocycles. The molecule has 0 aliphatic carbocycles. The van der Waals surface area contributed by atoms with E-state index in [1.807, 2.05) is 54.4 Å². The number of hydrogen-bond donors (Lipinski definition) is 1. The number of benzene rings is 3. The SMILES string of the molecule is CN1C(Cl)=NC(C)(c2ccc3oc4ccccc4c3c2)NC1c1ccccc1. The van der Waals surface area contributed by atoms with E-state index < -0.39 is 5.66 Å². The van der Waals surface area contributed by atoms with Crippen LogP contribution in [0.2, 0.25) is 0 Å². The molecule has 0 saturated heterocycles. The van der Waals surface area contributed by atoms with Crippen LogP contribution < -0.4 is 5.32 Å². The number of rotatable bonds is 2. The molecule has 1 aliphatic rings. The number of fused-ring (bicyclic) bond motifs is 3. The summed E-state index contributed by atoms with van der Waals surface area (Å²) in [4.78, 5) is 6.73. The Balaban J connectivity index is 1.63. The lowest BCUT2D eigenvalue weighted by Crippen LogP contribution is -2.52. The second-order valence-corrected chi connectivity index (χ2v) is 7.67. The van der Waals surface area contributed by atoms with Crippen LogP contribution in [-0.4, -0.2) is 17.2 Å². The number of nitrogens with one attached hydrogen (secondary N) is 1. The van der Waals surface area contributed by atoms with Crippen molar-refractivity contribution in [3.05, 3.63) is 83.9 Å². The first-order valence-electron chi connectivity index (χ1n) is 9.28.